The smallest absolute Gasteiger partial charge is 0.566 e. The Morgan fingerprint density at radius 3 is 1.75 bits per heavy atom. The van der Waals surface area contributed by atoms with Gasteiger partial charge in [-0.2, -0.15) is 0 Å². The van der Waals surface area contributed by atoms with Crippen LogP contribution in [0.3, 0.4) is 0 Å². The van der Waals surface area contributed by atoms with Gasteiger partial charge in [0.15, 0.2) is 4.15 Å². The zero-order chi connectivity index (χ0) is 2.71. The molecule has 0 aliphatic rings. The molecule has 4 heavy (non-hydrogen) atoms. The molecule has 0 bridgehead atoms. The quantitative estimate of drug-likeness (QED) is 0.318. The van der Waals surface area contributed by atoms with Crippen LogP contribution in [0.1, 0.15) is 0 Å². The van der Waals surface area contributed by atoms with Crippen LogP contribution in [0, 0.1) is 9.11 Å². The lowest BCUT2D eigenvalue weighted by molar-refractivity contribution is -0.000000594. The van der Waals surface area contributed by atoms with E-state index in [4.69, 9.17) is 4.96 Å². The molecule has 0 aliphatic heterocycles. The van der Waals surface area contributed by atoms with Crippen LogP contribution in [0.2, 0.25) is 0 Å². The zero-order valence-corrected chi connectivity index (χ0v) is 3.08. The summed E-state index contributed by atoms with van der Waals surface area (Å²) in [5.41, 5.74) is 0. The van der Waals surface area contributed by atoms with E-state index in [1.807, 2.05) is 0 Å². The predicted octanol–water partition coefficient (Wildman–Crippen LogP) is -2.24. The van der Waals surface area contributed by atoms with E-state index in [1.54, 1.807) is 0 Å². The van der Waals surface area contributed by atoms with E-state index in [-0.39, 0.29) is 12.4 Å². The topological polar surface area (TPSA) is 28.4 Å². The van der Waals surface area contributed by atoms with Crippen molar-refractivity contribution >= 4 is 11.9 Å². The summed E-state index contributed by atoms with van der Waals surface area (Å²) in [4.78, 5) is 8.20. The Morgan fingerprint density at radius 2 is 1.75 bits per heavy atom. The van der Waals surface area contributed by atoms with Crippen LogP contribution in [-0.2, 0) is 0 Å². The van der Waals surface area contributed by atoms with Gasteiger partial charge >= 0.3 is 11.9 Å². The zero-order valence-electron chi connectivity index (χ0n) is 1.57. The lowest BCUT2D eigenvalue weighted by atomic mass is 15.3. The molecule has 0 heterocycles. The highest BCUT2D eigenvalue weighted by Gasteiger charge is 1.57. The number of halogens is 2. The van der Waals surface area contributed by atoms with Crippen molar-refractivity contribution in [2.24, 2.45) is 0 Å². The minimum atomic E-state index is 0. The van der Waals surface area contributed by atoms with Gasteiger partial charge in [0, 0.05) is 0 Å². The molecule has 0 unspecified atom stereocenters. The first-order chi connectivity index (χ1) is 1.41. The molecular weight excluding hydrogens is 103 g/mol. The molecule has 0 saturated heterocycles. The predicted molar refractivity (Wildman–Crippen MR) is 12.6 cm³/mol. The van der Waals surface area contributed by atoms with Crippen LogP contribution in [0.15, 0.2) is 0 Å². The molecule has 2 nitrogen and oxygen atoms in total. The molecule has 0 aromatic carbocycles. The summed E-state index contributed by atoms with van der Waals surface area (Å²) < 4.78 is 2.47. The first kappa shape index (κ1) is 8.89. The second-order valence-corrected chi connectivity index (χ2v) is 0.189. The average Bonchev–Trinajstić information content (AvgIpc) is 0.918. The van der Waals surface area contributed by atoms with E-state index >= 15 is 0 Å². The molecule has 0 aromatic rings. The highest BCUT2D eigenvalue weighted by atomic mass is 35.5. The molecule has 0 atom stereocenters. The van der Waals surface area contributed by atoms with Crippen LogP contribution < -0.4 is 12.4 Å². The normalized spacial score (nSPS) is 3.25. The third-order valence-electron chi connectivity index (χ3n) is 0. The molecule has 0 rings (SSSR count). The maximum absolute atomic E-state index is 8.20. The molecule has 0 fully saturated rings. The van der Waals surface area contributed by atoms with Crippen LogP contribution in [-0.4, -0.2) is 0 Å². The minimum absolute atomic E-state index is 0. The van der Waals surface area contributed by atoms with E-state index in [2.05, 4.69) is 16.0 Å². The highest BCUT2D eigenvalue weighted by molar-refractivity contribution is 6.23. The van der Waals surface area contributed by atoms with Gasteiger partial charge in [0.1, 0.15) is 0 Å². The molecule has 0 spiro atoms. The molecule has 0 aliphatic carbocycles. The van der Waals surface area contributed by atoms with Crippen LogP contribution in [0.5, 0.6) is 0 Å². The monoisotopic (exact) mass is 102 g/mol. The van der Waals surface area contributed by atoms with Gasteiger partial charge in [-0.15, -0.1) is 0 Å². The van der Waals surface area contributed by atoms with Crippen LogP contribution >= 0.6 is 11.9 Å². The van der Waals surface area contributed by atoms with Crippen molar-refractivity contribution < 1.29 is 12.4 Å². The van der Waals surface area contributed by atoms with Crippen LogP contribution in [0.4, 0.5) is 0 Å². The standard InChI is InChI=1S/ClO2.ClH/c1-3-2;/h;1H/q+1;/p-1. The third kappa shape index (κ3) is 93.7. The largest absolute Gasteiger partial charge is 1.00 e. The van der Waals surface area contributed by atoms with Gasteiger partial charge in [0.05, 0.1) is 0 Å². The molecular formula is Cl2O2. The van der Waals surface area contributed by atoms with Crippen molar-refractivity contribution in [3.8, 4) is 0 Å². The average molecular weight is 103 g/mol. The molecule has 0 radical (unpaired) electrons. The van der Waals surface area contributed by atoms with Gasteiger partial charge in [0.25, 0.3) is 0 Å². The van der Waals surface area contributed by atoms with Crippen molar-refractivity contribution in [1.29, 1.82) is 0 Å². The molecule has 0 amide bonds. The minimum Gasteiger partial charge on any atom is -1.00 e. The lowest BCUT2D eigenvalue weighted by Gasteiger charge is -1.00. The summed E-state index contributed by atoms with van der Waals surface area (Å²) in [5, 5.41) is 0. The summed E-state index contributed by atoms with van der Waals surface area (Å²) in [6, 6.07) is 0. The molecule has 0 N–H and O–H groups in total. The second-order valence-electron chi connectivity index (χ2n) is 0.0630. The summed E-state index contributed by atoms with van der Waals surface area (Å²) in [7, 11) is 0. The van der Waals surface area contributed by atoms with Crippen molar-refractivity contribution in [2.75, 3.05) is 0 Å². The van der Waals surface area contributed by atoms with E-state index in [1.165, 1.54) is 0 Å². The lowest BCUT2D eigenvalue weighted by Crippen LogP contribution is -3.00. The Labute approximate surface area is 34.3 Å². The van der Waals surface area contributed by atoms with Crippen LogP contribution in [0.25, 0.3) is 0 Å². The van der Waals surface area contributed by atoms with Gasteiger partial charge in [-0.1, -0.05) is 0 Å². The maximum Gasteiger partial charge on any atom is 0.566 e. The summed E-state index contributed by atoms with van der Waals surface area (Å²) >= 11 is 3.94. The van der Waals surface area contributed by atoms with Gasteiger partial charge in [-0.3, -0.25) is 0 Å². The van der Waals surface area contributed by atoms with Crippen molar-refractivity contribution in [3.63, 3.8) is 0 Å². The Balaban J connectivity index is 0. The summed E-state index contributed by atoms with van der Waals surface area (Å²) in [6.07, 6.45) is 0. The van der Waals surface area contributed by atoms with E-state index in [0.717, 1.165) is 0 Å². The van der Waals surface area contributed by atoms with Gasteiger partial charge < -0.3 is 12.4 Å². The second kappa shape index (κ2) is 10.9. The molecule has 4 heteroatoms. The Bertz CT molecular complexity index is 11.5. The fourth-order valence-corrected chi connectivity index (χ4v) is 0. The highest BCUT2D eigenvalue weighted by Crippen LogP contribution is 1.54. The Kier molecular flexibility index (Phi) is 24.1. The van der Waals surface area contributed by atoms with E-state index < -0.39 is 0 Å². The third-order valence-corrected chi connectivity index (χ3v) is 0. The summed E-state index contributed by atoms with van der Waals surface area (Å²) in [6.45, 7) is 0. The van der Waals surface area contributed by atoms with Gasteiger partial charge in [0.2, 0.25) is 4.96 Å². The number of rotatable bonds is 0. The summed E-state index contributed by atoms with van der Waals surface area (Å²) in [5.74, 6) is 0. The van der Waals surface area contributed by atoms with Crippen molar-refractivity contribution in [1.82, 2.24) is 0 Å². The Hall–Kier alpha value is 0.180. The molecule has 0 aromatic heterocycles. The van der Waals surface area contributed by atoms with E-state index in [0.29, 0.717) is 0 Å². The first-order valence-corrected chi connectivity index (χ1v) is 0.630. The molecule has 26 valence electrons. The van der Waals surface area contributed by atoms with Crippen molar-refractivity contribution in [3.05, 3.63) is 9.11 Å². The van der Waals surface area contributed by atoms with Gasteiger partial charge in [-0.25, -0.2) is 0 Å². The fourth-order valence-electron chi connectivity index (χ4n) is 0. The number of hydrogen-bond donors (Lipinski definition) is 0. The molecule has 0 saturated carbocycles. The first-order valence-electron chi connectivity index (χ1n) is 0.321. The van der Waals surface area contributed by atoms with Crippen molar-refractivity contribution in [2.45, 2.75) is 0 Å². The number of hydrogen-bond acceptors (Lipinski definition) is 1. The van der Waals surface area contributed by atoms with E-state index in [9.17, 15) is 0 Å². The maximum atomic E-state index is 8.20. The van der Waals surface area contributed by atoms with Gasteiger partial charge in [-0.05, 0) is 0 Å². The fraction of sp³-hybridized carbons (Fsp3) is 0. The Morgan fingerprint density at radius 1 is 1.75 bits per heavy atom. The SMILES string of the molecule is O=[O+]Cl.[Cl-].